The summed E-state index contributed by atoms with van der Waals surface area (Å²) in [7, 11) is 0. The van der Waals surface area contributed by atoms with Crippen LogP contribution in [0.25, 0.3) is 10.8 Å². The minimum absolute atomic E-state index is 0.133. The van der Waals surface area contributed by atoms with E-state index in [0.29, 0.717) is 16.3 Å². The molecule has 1 N–H and O–H groups in total. The van der Waals surface area contributed by atoms with Gasteiger partial charge in [0, 0.05) is 16.3 Å². The molecule has 0 radical (unpaired) electrons. The molecule has 0 heterocycles. The van der Waals surface area contributed by atoms with Gasteiger partial charge in [0.1, 0.15) is 0 Å². The molecule has 0 unspecified atom stereocenters. The highest BCUT2D eigenvalue weighted by Crippen LogP contribution is 2.22. The normalized spacial score (nSPS) is 10.6. The number of amides is 1. The Labute approximate surface area is 128 Å². The average molecular weight is 296 g/mol. The Morgan fingerprint density at radius 2 is 1.76 bits per heavy atom. The fraction of sp³-hybridized carbons (Fsp3) is 0.0556. The van der Waals surface area contributed by atoms with Gasteiger partial charge in [0.05, 0.1) is 0 Å². The van der Waals surface area contributed by atoms with E-state index in [2.05, 4.69) is 5.32 Å². The summed E-state index contributed by atoms with van der Waals surface area (Å²) < 4.78 is 0. The number of halogens is 1. The summed E-state index contributed by atoms with van der Waals surface area (Å²) >= 11 is 6.09. The van der Waals surface area contributed by atoms with E-state index in [4.69, 9.17) is 11.6 Å². The predicted octanol–water partition coefficient (Wildman–Crippen LogP) is 5.05. The number of aryl methyl sites for hydroxylation is 1. The van der Waals surface area contributed by atoms with Crippen LogP contribution in [0.3, 0.4) is 0 Å². The summed E-state index contributed by atoms with van der Waals surface area (Å²) in [6.07, 6.45) is 0. The highest BCUT2D eigenvalue weighted by atomic mass is 35.5. The molecule has 0 aliphatic heterocycles. The number of hydrogen-bond acceptors (Lipinski definition) is 1. The summed E-state index contributed by atoms with van der Waals surface area (Å²) in [5.41, 5.74) is 2.34. The van der Waals surface area contributed by atoms with Crippen LogP contribution in [-0.2, 0) is 0 Å². The summed E-state index contributed by atoms with van der Waals surface area (Å²) in [6, 6.07) is 19.1. The second-order valence-corrected chi connectivity index (χ2v) is 5.35. The molecule has 0 aliphatic rings. The van der Waals surface area contributed by atoms with E-state index in [9.17, 15) is 4.79 Å². The van der Waals surface area contributed by atoms with Gasteiger partial charge in [0.2, 0.25) is 0 Å². The van der Waals surface area contributed by atoms with E-state index in [1.54, 1.807) is 6.07 Å². The van der Waals surface area contributed by atoms with Crippen molar-refractivity contribution in [2.45, 2.75) is 6.92 Å². The number of benzene rings is 3. The molecule has 21 heavy (non-hydrogen) atoms. The molecule has 3 aromatic carbocycles. The van der Waals surface area contributed by atoms with Gasteiger partial charge in [0.15, 0.2) is 0 Å². The zero-order valence-corrected chi connectivity index (χ0v) is 12.3. The molecule has 3 rings (SSSR count). The van der Waals surface area contributed by atoms with E-state index in [1.807, 2.05) is 61.5 Å². The Morgan fingerprint density at radius 1 is 1.00 bits per heavy atom. The summed E-state index contributed by atoms with van der Waals surface area (Å²) in [5, 5.41) is 5.53. The van der Waals surface area contributed by atoms with Gasteiger partial charge in [-0.3, -0.25) is 4.79 Å². The van der Waals surface area contributed by atoms with Crippen LogP contribution >= 0.6 is 11.6 Å². The molecule has 1 amide bonds. The van der Waals surface area contributed by atoms with Crippen LogP contribution in [0.2, 0.25) is 5.02 Å². The highest BCUT2D eigenvalue weighted by Gasteiger charge is 2.10. The maximum absolute atomic E-state index is 12.5. The zero-order valence-electron chi connectivity index (χ0n) is 11.6. The van der Waals surface area contributed by atoms with E-state index in [-0.39, 0.29) is 5.91 Å². The number of carbonyl (C=O) groups excluding carboxylic acids is 1. The smallest absolute Gasteiger partial charge is 0.256 e. The summed E-state index contributed by atoms with van der Waals surface area (Å²) in [5.74, 6) is -0.133. The first-order chi connectivity index (χ1) is 10.1. The Kier molecular flexibility index (Phi) is 3.63. The second kappa shape index (κ2) is 5.58. The molecule has 0 saturated carbocycles. The van der Waals surface area contributed by atoms with E-state index in [1.165, 1.54) is 0 Å². The average Bonchev–Trinajstić information content (AvgIpc) is 2.50. The molecular formula is C18H14ClNO. The molecule has 3 aromatic rings. The Morgan fingerprint density at radius 3 is 2.57 bits per heavy atom. The first kappa shape index (κ1) is 13.7. The Balaban J connectivity index is 1.95. The number of anilines is 1. The standard InChI is InChI=1S/C18H14ClNO/c1-12-9-10-14(11-17(12)19)20-18(21)16-8-4-6-13-5-2-3-7-15(13)16/h2-11H,1H3,(H,20,21). The first-order valence-electron chi connectivity index (χ1n) is 6.70. The highest BCUT2D eigenvalue weighted by molar-refractivity contribution is 6.31. The number of hydrogen-bond donors (Lipinski definition) is 1. The van der Waals surface area contributed by atoms with E-state index in [0.717, 1.165) is 16.3 Å². The van der Waals surface area contributed by atoms with Crippen LogP contribution in [0.15, 0.2) is 60.7 Å². The van der Waals surface area contributed by atoms with Crippen LogP contribution < -0.4 is 5.32 Å². The summed E-state index contributed by atoms with van der Waals surface area (Å²) in [4.78, 5) is 12.5. The van der Waals surface area contributed by atoms with Gasteiger partial charge in [-0.2, -0.15) is 0 Å². The molecule has 0 saturated heterocycles. The lowest BCUT2D eigenvalue weighted by Crippen LogP contribution is -2.12. The molecule has 2 nitrogen and oxygen atoms in total. The van der Waals surface area contributed by atoms with Crippen molar-refractivity contribution < 1.29 is 4.79 Å². The van der Waals surface area contributed by atoms with Crippen molar-refractivity contribution in [3.63, 3.8) is 0 Å². The molecular weight excluding hydrogens is 282 g/mol. The third-order valence-electron chi connectivity index (χ3n) is 3.46. The molecule has 0 spiro atoms. The zero-order chi connectivity index (χ0) is 14.8. The lowest BCUT2D eigenvalue weighted by molar-refractivity contribution is 0.102. The van der Waals surface area contributed by atoms with Gasteiger partial charge < -0.3 is 5.32 Å². The van der Waals surface area contributed by atoms with Crippen molar-refractivity contribution in [3.05, 3.63) is 76.8 Å². The fourth-order valence-corrected chi connectivity index (χ4v) is 2.47. The third kappa shape index (κ3) is 2.76. The molecule has 0 aromatic heterocycles. The molecule has 0 bridgehead atoms. The summed E-state index contributed by atoms with van der Waals surface area (Å²) in [6.45, 7) is 1.93. The minimum Gasteiger partial charge on any atom is -0.322 e. The number of rotatable bonds is 2. The molecule has 104 valence electrons. The molecule has 0 fully saturated rings. The first-order valence-corrected chi connectivity index (χ1v) is 7.08. The maximum atomic E-state index is 12.5. The van der Waals surface area contributed by atoms with Gasteiger partial charge in [0.25, 0.3) is 5.91 Å². The van der Waals surface area contributed by atoms with Crippen molar-refractivity contribution in [1.29, 1.82) is 0 Å². The van der Waals surface area contributed by atoms with Crippen LogP contribution in [0.1, 0.15) is 15.9 Å². The largest absolute Gasteiger partial charge is 0.322 e. The second-order valence-electron chi connectivity index (χ2n) is 4.94. The van der Waals surface area contributed by atoms with Crippen LogP contribution in [0, 0.1) is 6.92 Å². The van der Waals surface area contributed by atoms with Crippen LogP contribution in [0.4, 0.5) is 5.69 Å². The van der Waals surface area contributed by atoms with Crippen molar-refractivity contribution in [2.75, 3.05) is 5.32 Å². The Hall–Kier alpha value is -2.32. The predicted molar refractivity (Wildman–Crippen MR) is 88.1 cm³/mol. The van der Waals surface area contributed by atoms with Gasteiger partial charge >= 0.3 is 0 Å². The van der Waals surface area contributed by atoms with Gasteiger partial charge in [-0.05, 0) is 41.5 Å². The lowest BCUT2D eigenvalue weighted by Gasteiger charge is -2.09. The Bertz CT molecular complexity index is 821. The van der Waals surface area contributed by atoms with Crippen molar-refractivity contribution in [2.24, 2.45) is 0 Å². The fourth-order valence-electron chi connectivity index (χ4n) is 2.29. The molecule has 3 heteroatoms. The quantitative estimate of drug-likeness (QED) is 0.704. The van der Waals surface area contributed by atoms with Gasteiger partial charge in [-0.25, -0.2) is 0 Å². The van der Waals surface area contributed by atoms with Gasteiger partial charge in [-0.1, -0.05) is 54.1 Å². The van der Waals surface area contributed by atoms with Gasteiger partial charge in [-0.15, -0.1) is 0 Å². The van der Waals surface area contributed by atoms with Crippen molar-refractivity contribution in [1.82, 2.24) is 0 Å². The van der Waals surface area contributed by atoms with Crippen LogP contribution in [-0.4, -0.2) is 5.91 Å². The number of nitrogens with one attached hydrogen (secondary N) is 1. The molecule has 0 atom stereocenters. The minimum atomic E-state index is -0.133. The van der Waals surface area contributed by atoms with Crippen LogP contribution in [0.5, 0.6) is 0 Å². The van der Waals surface area contributed by atoms with E-state index >= 15 is 0 Å². The van der Waals surface area contributed by atoms with Crippen molar-refractivity contribution in [3.8, 4) is 0 Å². The topological polar surface area (TPSA) is 29.1 Å². The maximum Gasteiger partial charge on any atom is 0.256 e. The number of carbonyl (C=O) groups is 1. The molecule has 0 aliphatic carbocycles. The van der Waals surface area contributed by atoms with E-state index < -0.39 is 0 Å². The SMILES string of the molecule is Cc1ccc(NC(=O)c2cccc3ccccc23)cc1Cl. The third-order valence-corrected chi connectivity index (χ3v) is 3.87. The van der Waals surface area contributed by atoms with Crippen molar-refractivity contribution >= 4 is 34.0 Å². The monoisotopic (exact) mass is 295 g/mol. The number of fused-ring (bicyclic) bond motifs is 1. The lowest BCUT2D eigenvalue weighted by atomic mass is 10.0.